The molecule has 0 amide bonds. The van der Waals surface area contributed by atoms with Crippen LogP contribution in [-0.4, -0.2) is 24.7 Å². The minimum absolute atomic E-state index is 0.301. The first kappa shape index (κ1) is 15.7. The highest BCUT2D eigenvalue weighted by Crippen LogP contribution is 2.27. The van der Waals surface area contributed by atoms with Gasteiger partial charge in [0.1, 0.15) is 5.82 Å². The summed E-state index contributed by atoms with van der Waals surface area (Å²) in [5.74, 6) is -0.301. The molecule has 5 heteroatoms. The lowest BCUT2D eigenvalue weighted by Gasteiger charge is -2.19. The van der Waals surface area contributed by atoms with Crippen LogP contribution >= 0.6 is 12.2 Å². The van der Waals surface area contributed by atoms with E-state index in [1.165, 1.54) is 17.3 Å². The maximum absolute atomic E-state index is 13.5. The zero-order chi connectivity index (χ0) is 16.1. The van der Waals surface area contributed by atoms with E-state index in [0.29, 0.717) is 10.8 Å². The van der Waals surface area contributed by atoms with Gasteiger partial charge in [-0.15, -0.1) is 0 Å². The van der Waals surface area contributed by atoms with Crippen LogP contribution < -0.4 is 15.5 Å². The summed E-state index contributed by atoms with van der Waals surface area (Å²) in [6.45, 7) is 2.84. The van der Waals surface area contributed by atoms with Crippen molar-refractivity contribution in [2.45, 2.75) is 12.8 Å². The van der Waals surface area contributed by atoms with Gasteiger partial charge in [0.05, 0.1) is 5.69 Å². The lowest BCUT2D eigenvalue weighted by Crippen LogP contribution is -2.32. The highest BCUT2D eigenvalue weighted by molar-refractivity contribution is 7.80. The van der Waals surface area contributed by atoms with Crippen molar-refractivity contribution in [3.8, 4) is 0 Å². The number of thiocarbonyl (C=S) groups is 1. The van der Waals surface area contributed by atoms with Crippen LogP contribution in [0.3, 0.4) is 0 Å². The van der Waals surface area contributed by atoms with Crippen molar-refractivity contribution in [2.24, 2.45) is 0 Å². The second-order valence-electron chi connectivity index (χ2n) is 5.58. The van der Waals surface area contributed by atoms with Gasteiger partial charge in [-0.05, 0) is 48.8 Å². The molecular formula is C18H20FN3S. The topological polar surface area (TPSA) is 27.3 Å². The van der Waals surface area contributed by atoms with Gasteiger partial charge in [-0.2, -0.15) is 0 Å². The van der Waals surface area contributed by atoms with Crippen LogP contribution in [0.15, 0.2) is 48.5 Å². The standard InChI is InChI=1S/C18H20FN3S/c19-15-7-2-3-8-16(15)21-18(23)20-11-5-12-22-13-10-14-6-1-4-9-17(14)22/h1-4,6-9H,5,10-13H2,(H2,20,21,23). The van der Waals surface area contributed by atoms with Crippen molar-refractivity contribution in [3.05, 3.63) is 59.9 Å². The fraction of sp³-hybridized carbons (Fsp3) is 0.278. The van der Waals surface area contributed by atoms with Gasteiger partial charge in [-0.3, -0.25) is 0 Å². The molecule has 1 aliphatic heterocycles. The first-order valence-electron chi connectivity index (χ1n) is 7.86. The number of fused-ring (bicyclic) bond motifs is 1. The third-order valence-electron chi connectivity index (χ3n) is 4.00. The van der Waals surface area contributed by atoms with Gasteiger partial charge in [0, 0.05) is 25.3 Å². The summed E-state index contributed by atoms with van der Waals surface area (Å²) >= 11 is 5.20. The number of halogens is 1. The molecule has 0 radical (unpaired) electrons. The Morgan fingerprint density at radius 1 is 1.13 bits per heavy atom. The van der Waals surface area contributed by atoms with E-state index in [4.69, 9.17) is 12.2 Å². The molecule has 2 aromatic carbocycles. The van der Waals surface area contributed by atoms with Crippen LogP contribution in [0.25, 0.3) is 0 Å². The molecule has 23 heavy (non-hydrogen) atoms. The number of anilines is 2. The molecule has 0 atom stereocenters. The van der Waals surface area contributed by atoms with Crippen molar-refractivity contribution in [2.75, 3.05) is 29.9 Å². The quantitative estimate of drug-likeness (QED) is 0.648. The summed E-state index contributed by atoms with van der Waals surface area (Å²) in [6.07, 6.45) is 2.10. The monoisotopic (exact) mass is 329 g/mol. The third-order valence-corrected chi connectivity index (χ3v) is 4.24. The molecule has 0 unspecified atom stereocenters. The van der Waals surface area contributed by atoms with E-state index in [1.54, 1.807) is 18.2 Å². The Hall–Kier alpha value is -2.14. The molecular weight excluding hydrogens is 309 g/mol. The number of nitrogens with one attached hydrogen (secondary N) is 2. The van der Waals surface area contributed by atoms with Crippen molar-refractivity contribution in [1.82, 2.24) is 5.32 Å². The SMILES string of the molecule is Fc1ccccc1NC(=S)NCCCN1CCc2ccccc21. The smallest absolute Gasteiger partial charge is 0.170 e. The van der Waals surface area contributed by atoms with Gasteiger partial charge in [0.25, 0.3) is 0 Å². The molecule has 3 rings (SSSR count). The number of nitrogens with zero attached hydrogens (tertiary/aromatic N) is 1. The summed E-state index contributed by atoms with van der Waals surface area (Å²) in [6, 6.07) is 15.1. The van der Waals surface area contributed by atoms with Gasteiger partial charge in [-0.1, -0.05) is 30.3 Å². The fourth-order valence-electron chi connectivity index (χ4n) is 2.84. The Morgan fingerprint density at radius 2 is 1.91 bits per heavy atom. The molecule has 2 N–H and O–H groups in total. The molecule has 120 valence electrons. The molecule has 2 aromatic rings. The van der Waals surface area contributed by atoms with Crippen molar-refractivity contribution < 1.29 is 4.39 Å². The maximum Gasteiger partial charge on any atom is 0.170 e. The van der Waals surface area contributed by atoms with Crippen LogP contribution in [0.4, 0.5) is 15.8 Å². The van der Waals surface area contributed by atoms with E-state index in [2.05, 4.69) is 39.8 Å². The van der Waals surface area contributed by atoms with Gasteiger partial charge in [-0.25, -0.2) is 4.39 Å². The predicted octanol–water partition coefficient (Wildman–Crippen LogP) is 3.56. The van der Waals surface area contributed by atoms with Crippen molar-refractivity contribution in [1.29, 1.82) is 0 Å². The molecule has 1 aliphatic rings. The minimum Gasteiger partial charge on any atom is -0.371 e. The van der Waals surface area contributed by atoms with Crippen LogP contribution in [-0.2, 0) is 6.42 Å². The van der Waals surface area contributed by atoms with Crippen LogP contribution in [0, 0.1) is 5.82 Å². The Bertz CT molecular complexity index is 689. The van der Waals surface area contributed by atoms with E-state index in [-0.39, 0.29) is 5.82 Å². The Labute approximate surface area is 141 Å². The number of benzene rings is 2. The third kappa shape index (κ3) is 3.99. The minimum atomic E-state index is -0.301. The summed E-state index contributed by atoms with van der Waals surface area (Å²) < 4.78 is 13.5. The van der Waals surface area contributed by atoms with E-state index in [0.717, 1.165) is 32.5 Å². The summed E-state index contributed by atoms with van der Waals surface area (Å²) in [5.41, 5.74) is 3.18. The number of rotatable bonds is 5. The van der Waals surface area contributed by atoms with Gasteiger partial charge in [0.15, 0.2) is 5.11 Å². The van der Waals surface area contributed by atoms with Gasteiger partial charge < -0.3 is 15.5 Å². The zero-order valence-corrected chi connectivity index (χ0v) is 13.7. The van der Waals surface area contributed by atoms with E-state index in [1.807, 2.05) is 0 Å². The van der Waals surface area contributed by atoms with Gasteiger partial charge in [0.2, 0.25) is 0 Å². The number of hydrogen-bond acceptors (Lipinski definition) is 2. The molecule has 3 nitrogen and oxygen atoms in total. The zero-order valence-electron chi connectivity index (χ0n) is 12.9. The van der Waals surface area contributed by atoms with Crippen LogP contribution in [0.5, 0.6) is 0 Å². The normalized spacial score (nSPS) is 12.8. The molecule has 0 bridgehead atoms. The average molecular weight is 329 g/mol. The predicted molar refractivity (Wildman–Crippen MR) is 97.6 cm³/mol. The highest BCUT2D eigenvalue weighted by atomic mass is 32.1. The molecule has 0 saturated carbocycles. The molecule has 0 aromatic heterocycles. The van der Waals surface area contributed by atoms with Crippen molar-refractivity contribution in [3.63, 3.8) is 0 Å². The number of para-hydroxylation sites is 2. The Morgan fingerprint density at radius 3 is 2.78 bits per heavy atom. The second-order valence-corrected chi connectivity index (χ2v) is 5.99. The van der Waals surface area contributed by atoms with Crippen LogP contribution in [0.1, 0.15) is 12.0 Å². The number of hydrogen-bond donors (Lipinski definition) is 2. The highest BCUT2D eigenvalue weighted by Gasteiger charge is 2.17. The second kappa shape index (κ2) is 7.42. The lowest BCUT2D eigenvalue weighted by molar-refractivity contribution is 0.632. The first-order valence-corrected chi connectivity index (χ1v) is 8.27. The van der Waals surface area contributed by atoms with Crippen molar-refractivity contribution >= 4 is 28.7 Å². The Kier molecular flexibility index (Phi) is 5.08. The molecule has 0 fully saturated rings. The van der Waals surface area contributed by atoms with E-state index < -0.39 is 0 Å². The Balaban J connectivity index is 1.41. The fourth-order valence-corrected chi connectivity index (χ4v) is 3.05. The molecule has 0 saturated heterocycles. The van der Waals surface area contributed by atoms with E-state index >= 15 is 0 Å². The summed E-state index contributed by atoms with van der Waals surface area (Å²) in [5, 5.41) is 6.47. The van der Waals surface area contributed by atoms with Crippen LogP contribution in [0.2, 0.25) is 0 Å². The van der Waals surface area contributed by atoms with E-state index in [9.17, 15) is 4.39 Å². The molecule has 1 heterocycles. The largest absolute Gasteiger partial charge is 0.371 e. The summed E-state index contributed by atoms with van der Waals surface area (Å²) in [7, 11) is 0. The maximum atomic E-state index is 13.5. The van der Waals surface area contributed by atoms with Gasteiger partial charge >= 0.3 is 0 Å². The first-order chi connectivity index (χ1) is 11.2. The molecule has 0 spiro atoms. The average Bonchev–Trinajstić information content (AvgIpc) is 2.97. The summed E-state index contributed by atoms with van der Waals surface area (Å²) in [4.78, 5) is 2.41. The molecule has 0 aliphatic carbocycles. The lowest BCUT2D eigenvalue weighted by atomic mass is 10.2.